The summed E-state index contributed by atoms with van der Waals surface area (Å²) in [5.74, 6) is 0.146. The molecule has 0 radical (unpaired) electrons. The summed E-state index contributed by atoms with van der Waals surface area (Å²) in [4.78, 5) is 0. The molecule has 17 heavy (non-hydrogen) atoms. The van der Waals surface area contributed by atoms with Gasteiger partial charge in [0.1, 0.15) is 0 Å². The molecule has 1 spiro atoms. The van der Waals surface area contributed by atoms with Crippen molar-refractivity contribution in [2.24, 2.45) is 5.73 Å². The van der Waals surface area contributed by atoms with Crippen molar-refractivity contribution in [3.05, 3.63) is 0 Å². The third-order valence-corrected chi connectivity index (χ3v) is 6.47. The van der Waals surface area contributed by atoms with E-state index in [2.05, 4.69) is 0 Å². The Morgan fingerprint density at radius 1 is 1.35 bits per heavy atom. The summed E-state index contributed by atoms with van der Waals surface area (Å²) in [5, 5.41) is -0.453. The second-order valence-corrected chi connectivity index (χ2v) is 8.01. The maximum atomic E-state index is 12.0. The largest absolute Gasteiger partial charge is 0.371 e. The van der Waals surface area contributed by atoms with Crippen LogP contribution in [0.15, 0.2) is 0 Å². The van der Waals surface area contributed by atoms with Gasteiger partial charge in [0.2, 0.25) is 0 Å². The van der Waals surface area contributed by atoms with Crippen LogP contribution in [0.4, 0.5) is 0 Å². The van der Waals surface area contributed by atoms with E-state index in [-0.39, 0.29) is 24.0 Å². The van der Waals surface area contributed by atoms with Crippen molar-refractivity contribution in [3.63, 3.8) is 0 Å². The first-order valence-electron chi connectivity index (χ1n) is 6.57. The van der Waals surface area contributed by atoms with E-state index in [0.29, 0.717) is 0 Å². The summed E-state index contributed by atoms with van der Waals surface area (Å²) in [6, 6.07) is 0. The van der Waals surface area contributed by atoms with Gasteiger partial charge in [0, 0.05) is 6.54 Å². The first kappa shape index (κ1) is 13.3. The Morgan fingerprint density at radius 2 is 2.00 bits per heavy atom. The predicted octanol–water partition coefficient (Wildman–Crippen LogP) is 1.24. The van der Waals surface area contributed by atoms with E-state index in [1.54, 1.807) is 6.92 Å². The number of nitrogens with two attached hydrogens (primary N) is 1. The smallest absolute Gasteiger partial charge is 0.156 e. The van der Waals surface area contributed by atoms with Gasteiger partial charge in [-0.1, -0.05) is 12.8 Å². The summed E-state index contributed by atoms with van der Waals surface area (Å²) in [7, 11) is -3.09. The number of rotatable bonds is 4. The Kier molecular flexibility index (Phi) is 3.80. The highest BCUT2D eigenvalue weighted by atomic mass is 32.2. The topological polar surface area (TPSA) is 69.4 Å². The van der Waals surface area contributed by atoms with Gasteiger partial charge in [-0.15, -0.1) is 0 Å². The van der Waals surface area contributed by atoms with E-state index in [9.17, 15) is 8.42 Å². The highest BCUT2D eigenvalue weighted by Gasteiger charge is 2.43. The molecule has 0 aromatic carbocycles. The Labute approximate surface area is 104 Å². The Bertz CT molecular complexity index is 360. The van der Waals surface area contributed by atoms with Crippen molar-refractivity contribution in [2.45, 2.75) is 62.4 Å². The monoisotopic (exact) mass is 261 g/mol. The third-order valence-electron chi connectivity index (χ3n) is 4.22. The number of sulfone groups is 1. The van der Waals surface area contributed by atoms with E-state index in [0.717, 1.165) is 25.7 Å². The molecule has 0 bridgehead atoms. The molecule has 2 aliphatic rings. The molecule has 2 atom stereocenters. The van der Waals surface area contributed by atoms with Gasteiger partial charge >= 0.3 is 0 Å². The van der Waals surface area contributed by atoms with Gasteiger partial charge in [0.05, 0.1) is 22.7 Å². The lowest BCUT2D eigenvalue weighted by Crippen LogP contribution is -2.34. The molecule has 0 amide bonds. The minimum Gasteiger partial charge on any atom is -0.371 e. The third kappa shape index (κ3) is 2.83. The standard InChI is InChI=1S/C12H23NO3S/c1-10(8-13)17(14,15)9-11-4-7-12(16-11)5-2-3-6-12/h10-11H,2-9,13H2,1H3. The summed E-state index contributed by atoms with van der Waals surface area (Å²) >= 11 is 0. The fraction of sp³-hybridized carbons (Fsp3) is 1.00. The summed E-state index contributed by atoms with van der Waals surface area (Å²) in [6.07, 6.45) is 6.47. The average Bonchev–Trinajstić information content (AvgIpc) is 2.88. The van der Waals surface area contributed by atoms with Crippen molar-refractivity contribution >= 4 is 9.84 Å². The molecule has 2 unspecified atom stereocenters. The van der Waals surface area contributed by atoms with Gasteiger partial charge in [-0.25, -0.2) is 8.42 Å². The molecule has 5 heteroatoms. The molecule has 1 aliphatic carbocycles. The lowest BCUT2D eigenvalue weighted by molar-refractivity contribution is -0.0273. The van der Waals surface area contributed by atoms with E-state index < -0.39 is 15.1 Å². The second kappa shape index (κ2) is 4.86. The maximum Gasteiger partial charge on any atom is 0.156 e. The van der Waals surface area contributed by atoms with E-state index in [1.165, 1.54) is 12.8 Å². The van der Waals surface area contributed by atoms with Gasteiger partial charge in [0.25, 0.3) is 0 Å². The number of hydrogen-bond donors (Lipinski definition) is 1. The number of hydrogen-bond acceptors (Lipinski definition) is 4. The molecule has 100 valence electrons. The van der Waals surface area contributed by atoms with Crippen LogP contribution >= 0.6 is 0 Å². The molecule has 1 saturated heterocycles. The van der Waals surface area contributed by atoms with Crippen molar-refractivity contribution in [3.8, 4) is 0 Å². The fourth-order valence-corrected chi connectivity index (χ4v) is 4.34. The molecular weight excluding hydrogens is 238 g/mol. The predicted molar refractivity (Wildman–Crippen MR) is 67.6 cm³/mol. The number of ether oxygens (including phenoxy) is 1. The molecule has 2 fully saturated rings. The van der Waals surface area contributed by atoms with Crippen molar-refractivity contribution in [1.82, 2.24) is 0 Å². The molecule has 1 aliphatic heterocycles. The Morgan fingerprint density at radius 3 is 2.59 bits per heavy atom. The molecule has 1 heterocycles. The lowest BCUT2D eigenvalue weighted by Gasteiger charge is -2.24. The van der Waals surface area contributed by atoms with Crippen LogP contribution < -0.4 is 5.73 Å². The van der Waals surface area contributed by atoms with Gasteiger partial charge in [-0.05, 0) is 32.6 Å². The van der Waals surface area contributed by atoms with Crippen LogP contribution in [0.3, 0.4) is 0 Å². The normalized spacial score (nSPS) is 29.9. The Hall–Kier alpha value is -0.130. The minimum atomic E-state index is -3.09. The second-order valence-electron chi connectivity index (χ2n) is 5.54. The van der Waals surface area contributed by atoms with Crippen LogP contribution in [-0.4, -0.2) is 37.7 Å². The molecule has 1 saturated carbocycles. The Balaban J connectivity index is 1.94. The van der Waals surface area contributed by atoms with Gasteiger partial charge in [0.15, 0.2) is 9.84 Å². The van der Waals surface area contributed by atoms with Crippen LogP contribution in [-0.2, 0) is 14.6 Å². The lowest BCUT2D eigenvalue weighted by atomic mass is 9.98. The van der Waals surface area contributed by atoms with Crippen molar-refractivity contribution < 1.29 is 13.2 Å². The zero-order chi connectivity index (χ0) is 12.5. The van der Waals surface area contributed by atoms with Crippen LogP contribution in [0.25, 0.3) is 0 Å². The first-order valence-corrected chi connectivity index (χ1v) is 8.28. The van der Waals surface area contributed by atoms with E-state index in [4.69, 9.17) is 10.5 Å². The van der Waals surface area contributed by atoms with Crippen LogP contribution in [0.2, 0.25) is 0 Å². The SMILES string of the molecule is CC(CN)S(=O)(=O)CC1CCC2(CCCC2)O1. The zero-order valence-electron chi connectivity index (χ0n) is 10.5. The van der Waals surface area contributed by atoms with Crippen molar-refractivity contribution in [2.75, 3.05) is 12.3 Å². The summed E-state index contributed by atoms with van der Waals surface area (Å²) < 4.78 is 29.9. The zero-order valence-corrected chi connectivity index (χ0v) is 11.3. The summed E-state index contributed by atoms with van der Waals surface area (Å²) in [6.45, 7) is 1.87. The fourth-order valence-electron chi connectivity index (χ4n) is 2.97. The van der Waals surface area contributed by atoms with Crippen molar-refractivity contribution in [1.29, 1.82) is 0 Å². The molecule has 4 nitrogen and oxygen atoms in total. The van der Waals surface area contributed by atoms with Crippen LogP contribution in [0, 0.1) is 0 Å². The van der Waals surface area contributed by atoms with Crippen LogP contribution in [0.1, 0.15) is 45.4 Å². The van der Waals surface area contributed by atoms with Crippen LogP contribution in [0.5, 0.6) is 0 Å². The highest BCUT2D eigenvalue weighted by Crippen LogP contribution is 2.43. The minimum absolute atomic E-state index is 0.0200. The van der Waals surface area contributed by atoms with Gasteiger partial charge in [-0.2, -0.15) is 0 Å². The first-order chi connectivity index (χ1) is 7.97. The highest BCUT2D eigenvalue weighted by molar-refractivity contribution is 7.92. The maximum absolute atomic E-state index is 12.0. The van der Waals surface area contributed by atoms with E-state index >= 15 is 0 Å². The average molecular weight is 261 g/mol. The molecular formula is C12H23NO3S. The summed E-state index contributed by atoms with van der Waals surface area (Å²) in [5.41, 5.74) is 5.45. The quantitative estimate of drug-likeness (QED) is 0.826. The van der Waals surface area contributed by atoms with Gasteiger partial charge < -0.3 is 10.5 Å². The van der Waals surface area contributed by atoms with E-state index in [1.807, 2.05) is 0 Å². The molecule has 0 aromatic rings. The molecule has 2 N–H and O–H groups in total. The molecule has 0 aromatic heterocycles. The molecule has 2 rings (SSSR count). The van der Waals surface area contributed by atoms with Gasteiger partial charge in [-0.3, -0.25) is 0 Å².